The second kappa shape index (κ2) is 7.10. The molecule has 0 aliphatic carbocycles. The van der Waals surface area contributed by atoms with Gasteiger partial charge in [0.1, 0.15) is 5.00 Å². The summed E-state index contributed by atoms with van der Waals surface area (Å²) < 4.78 is 4.86. The van der Waals surface area contributed by atoms with E-state index in [0.29, 0.717) is 15.7 Å². The molecule has 0 unspecified atom stereocenters. The van der Waals surface area contributed by atoms with Crippen molar-refractivity contribution in [3.8, 4) is 0 Å². The van der Waals surface area contributed by atoms with Crippen molar-refractivity contribution in [1.29, 1.82) is 0 Å². The summed E-state index contributed by atoms with van der Waals surface area (Å²) in [6, 6.07) is 6.05. The van der Waals surface area contributed by atoms with Crippen molar-refractivity contribution in [2.45, 2.75) is 27.7 Å². The van der Waals surface area contributed by atoms with Crippen LogP contribution >= 0.6 is 23.6 Å². The molecule has 0 bridgehead atoms. The van der Waals surface area contributed by atoms with Crippen LogP contribution in [0, 0.1) is 27.7 Å². The fourth-order valence-electron chi connectivity index (χ4n) is 2.15. The standard InChI is InChI=1S/C17H20N2O2S2/c1-9-6-7-13(8-10(9)2)18-17(22)19-15-14(16(20)21-5)11(3)12(4)23-15/h6-8H,1-5H3,(H2,18,19,22). The van der Waals surface area contributed by atoms with Gasteiger partial charge in [-0.1, -0.05) is 6.07 Å². The van der Waals surface area contributed by atoms with Gasteiger partial charge in [0, 0.05) is 10.6 Å². The molecule has 0 atom stereocenters. The van der Waals surface area contributed by atoms with E-state index in [0.717, 1.165) is 16.1 Å². The molecule has 1 heterocycles. The summed E-state index contributed by atoms with van der Waals surface area (Å²) in [5.74, 6) is -0.358. The maximum atomic E-state index is 12.0. The first-order valence-corrected chi connectivity index (χ1v) is 8.39. The molecule has 2 N–H and O–H groups in total. The Morgan fingerprint density at radius 1 is 1.13 bits per heavy atom. The summed E-state index contributed by atoms with van der Waals surface area (Å²) in [5, 5.41) is 7.40. The predicted molar refractivity (Wildman–Crippen MR) is 101 cm³/mol. The van der Waals surface area contributed by atoms with Gasteiger partial charge in [0.15, 0.2) is 5.11 Å². The summed E-state index contributed by atoms with van der Waals surface area (Å²) in [6.45, 7) is 7.99. The first kappa shape index (κ1) is 17.4. The van der Waals surface area contributed by atoms with Crippen molar-refractivity contribution in [2.75, 3.05) is 17.7 Å². The Balaban J connectivity index is 2.18. The van der Waals surface area contributed by atoms with Gasteiger partial charge in [-0.15, -0.1) is 11.3 Å². The highest BCUT2D eigenvalue weighted by atomic mass is 32.1. The second-order valence-electron chi connectivity index (χ2n) is 5.36. The summed E-state index contributed by atoms with van der Waals surface area (Å²) >= 11 is 6.85. The van der Waals surface area contributed by atoms with Crippen molar-refractivity contribution < 1.29 is 9.53 Å². The number of thiophene rings is 1. The zero-order chi connectivity index (χ0) is 17.1. The minimum Gasteiger partial charge on any atom is -0.465 e. The third-order valence-corrected chi connectivity index (χ3v) is 5.09. The number of methoxy groups -OCH3 is 1. The van der Waals surface area contributed by atoms with Crippen LogP contribution in [-0.4, -0.2) is 18.2 Å². The van der Waals surface area contributed by atoms with E-state index in [1.807, 2.05) is 32.0 Å². The van der Waals surface area contributed by atoms with Gasteiger partial charge in [0.25, 0.3) is 0 Å². The van der Waals surface area contributed by atoms with Crippen LogP contribution in [0.5, 0.6) is 0 Å². The van der Waals surface area contributed by atoms with E-state index in [-0.39, 0.29) is 5.97 Å². The zero-order valence-electron chi connectivity index (χ0n) is 13.9. The van der Waals surface area contributed by atoms with Crippen molar-refractivity contribution in [3.63, 3.8) is 0 Å². The highest BCUT2D eigenvalue weighted by Crippen LogP contribution is 2.33. The van der Waals surface area contributed by atoms with Gasteiger partial charge in [-0.25, -0.2) is 4.79 Å². The molecule has 0 saturated carbocycles. The third-order valence-electron chi connectivity index (χ3n) is 3.77. The Hall–Kier alpha value is -1.92. The van der Waals surface area contributed by atoms with Crippen molar-refractivity contribution >= 4 is 45.3 Å². The van der Waals surface area contributed by atoms with Crippen LogP contribution < -0.4 is 10.6 Å². The molecule has 0 spiro atoms. The average molecular weight is 348 g/mol. The number of benzene rings is 1. The quantitative estimate of drug-likeness (QED) is 0.628. The Morgan fingerprint density at radius 3 is 2.43 bits per heavy atom. The van der Waals surface area contributed by atoms with E-state index < -0.39 is 0 Å². The van der Waals surface area contributed by atoms with Crippen LogP contribution in [0.25, 0.3) is 0 Å². The minimum absolute atomic E-state index is 0.358. The molecule has 1 aromatic carbocycles. The lowest BCUT2D eigenvalue weighted by molar-refractivity contribution is 0.0601. The summed E-state index contributed by atoms with van der Waals surface area (Å²) in [6.07, 6.45) is 0. The molecular weight excluding hydrogens is 328 g/mol. The smallest absolute Gasteiger partial charge is 0.341 e. The van der Waals surface area contributed by atoms with Gasteiger partial charge < -0.3 is 15.4 Å². The Kier molecular flexibility index (Phi) is 5.38. The summed E-state index contributed by atoms with van der Waals surface area (Å²) in [7, 11) is 1.38. The molecule has 1 aromatic heterocycles. The molecule has 0 fully saturated rings. The number of nitrogens with one attached hydrogen (secondary N) is 2. The van der Waals surface area contributed by atoms with E-state index in [1.165, 1.54) is 29.6 Å². The van der Waals surface area contributed by atoms with E-state index in [2.05, 4.69) is 24.5 Å². The molecule has 23 heavy (non-hydrogen) atoms. The number of hydrogen-bond donors (Lipinski definition) is 2. The number of hydrogen-bond acceptors (Lipinski definition) is 4. The first-order valence-electron chi connectivity index (χ1n) is 7.17. The lowest BCUT2D eigenvalue weighted by atomic mass is 10.1. The van der Waals surface area contributed by atoms with Crippen LogP contribution in [0.15, 0.2) is 18.2 Å². The maximum absolute atomic E-state index is 12.0. The lowest BCUT2D eigenvalue weighted by Gasteiger charge is -2.12. The van der Waals surface area contributed by atoms with Gasteiger partial charge in [0.05, 0.1) is 12.7 Å². The molecule has 2 aromatic rings. The molecule has 0 aliphatic rings. The molecule has 0 amide bonds. The average Bonchev–Trinajstić information content (AvgIpc) is 2.76. The van der Waals surface area contributed by atoms with E-state index in [9.17, 15) is 4.79 Å². The summed E-state index contributed by atoms with van der Waals surface area (Å²) in [5.41, 5.74) is 4.79. The molecule has 2 rings (SSSR count). The second-order valence-corrected chi connectivity index (χ2v) is 6.99. The fraction of sp³-hybridized carbons (Fsp3) is 0.294. The molecule has 4 nitrogen and oxygen atoms in total. The number of carbonyl (C=O) groups is 1. The largest absolute Gasteiger partial charge is 0.465 e. The normalized spacial score (nSPS) is 10.3. The van der Waals surface area contributed by atoms with Crippen LogP contribution in [0.4, 0.5) is 10.7 Å². The Labute approximate surface area is 145 Å². The predicted octanol–water partition coefficient (Wildman–Crippen LogP) is 4.58. The number of thiocarbonyl (C=S) groups is 1. The number of carbonyl (C=O) groups excluding carboxylic acids is 1. The molecule has 122 valence electrons. The van der Waals surface area contributed by atoms with Crippen LogP contribution in [0.3, 0.4) is 0 Å². The van der Waals surface area contributed by atoms with Gasteiger partial charge in [0.2, 0.25) is 0 Å². The van der Waals surface area contributed by atoms with E-state index in [1.54, 1.807) is 0 Å². The van der Waals surface area contributed by atoms with Crippen LogP contribution in [0.1, 0.15) is 31.9 Å². The number of ether oxygens (including phenoxy) is 1. The molecule has 0 aliphatic heterocycles. The fourth-order valence-corrected chi connectivity index (χ4v) is 3.48. The van der Waals surface area contributed by atoms with Crippen LogP contribution in [-0.2, 0) is 4.74 Å². The topological polar surface area (TPSA) is 50.4 Å². The van der Waals surface area contributed by atoms with Gasteiger partial charge in [-0.3, -0.25) is 0 Å². The molecular formula is C17H20N2O2S2. The van der Waals surface area contributed by atoms with Gasteiger partial charge in [-0.2, -0.15) is 0 Å². The monoisotopic (exact) mass is 348 g/mol. The van der Waals surface area contributed by atoms with Gasteiger partial charge >= 0.3 is 5.97 Å². The summed E-state index contributed by atoms with van der Waals surface area (Å²) in [4.78, 5) is 13.0. The Morgan fingerprint density at radius 2 is 1.83 bits per heavy atom. The molecule has 0 saturated heterocycles. The SMILES string of the molecule is COC(=O)c1c(NC(=S)Nc2ccc(C)c(C)c2)sc(C)c1C. The van der Waals surface area contributed by atoms with Crippen molar-refractivity contribution in [3.05, 3.63) is 45.3 Å². The number of aryl methyl sites for hydroxylation is 3. The van der Waals surface area contributed by atoms with Gasteiger partial charge in [-0.05, 0) is 68.7 Å². The highest BCUT2D eigenvalue weighted by molar-refractivity contribution is 7.80. The molecule has 6 heteroatoms. The lowest BCUT2D eigenvalue weighted by Crippen LogP contribution is -2.20. The van der Waals surface area contributed by atoms with Crippen molar-refractivity contribution in [2.24, 2.45) is 0 Å². The van der Waals surface area contributed by atoms with E-state index in [4.69, 9.17) is 17.0 Å². The van der Waals surface area contributed by atoms with E-state index >= 15 is 0 Å². The van der Waals surface area contributed by atoms with Crippen LogP contribution in [0.2, 0.25) is 0 Å². The zero-order valence-corrected chi connectivity index (χ0v) is 15.5. The number of anilines is 2. The third kappa shape index (κ3) is 3.89. The molecule has 0 radical (unpaired) electrons. The maximum Gasteiger partial charge on any atom is 0.341 e. The first-order chi connectivity index (χ1) is 10.8. The number of esters is 1. The number of rotatable bonds is 3. The minimum atomic E-state index is -0.358. The van der Waals surface area contributed by atoms with Crippen molar-refractivity contribution in [1.82, 2.24) is 0 Å². The highest BCUT2D eigenvalue weighted by Gasteiger charge is 2.20. The Bertz CT molecular complexity index is 766.